The van der Waals surface area contributed by atoms with E-state index in [1.165, 1.54) is 60.8 Å². The molecule has 8 rings (SSSR count). The fraction of sp³-hybridized carbons (Fsp3) is 0. The summed E-state index contributed by atoms with van der Waals surface area (Å²) >= 11 is 0. The Balaban J connectivity index is 1.34. The van der Waals surface area contributed by atoms with Gasteiger partial charge in [-0.25, -0.2) is 0 Å². The zero-order valence-corrected chi connectivity index (χ0v) is 19.6. The van der Waals surface area contributed by atoms with Gasteiger partial charge in [0.2, 0.25) is 0 Å². The number of aromatic nitrogens is 1. The van der Waals surface area contributed by atoms with Crippen LogP contribution in [-0.4, -0.2) is 4.57 Å². The zero-order chi connectivity index (χ0) is 23.6. The minimum Gasteiger partial charge on any atom is -0.309 e. The van der Waals surface area contributed by atoms with Gasteiger partial charge in [0.05, 0.1) is 22.4 Å². The van der Waals surface area contributed by atoms with Crippen LogP contribution in [0.25, 0.3) is 49.4 Å². The summed E-state index contributed by atoms with van der Waals surface area (Å²) in [6, 6.07) is 48.3. The summed E-state index contributed by atoms with van der Waals surface area (Å²) < 4.78 is 2.37. The lowest BCUT2D eigenvalue weighted by atomic mass is 9.91. The van der Waals surface area contributed by atoms with Gasteiger partial charge in [-0.05, 0) is 59.5 Å². The SMILES string of the molecule is c1ccc2c(c1)-c1cccc3cccc(c13)N2c1ccc(-n2c3ccccc3c3ccccc32)cc1. The molecular formula is C34H22N2. The molecule has 2 heteroatoms. The minimum atomic E-state index is 1.16. The highest BCUT2D eigenvalue weighted by Gasteiger charge is 2.25. The van der Waals surface area contributed by atoms with Crippen molar-refractivity contribution in [1.29, 1.82) is 0 Å². The van der Waals surface area contributed by atoms with Crippen LogP contribution in [0.1, 0.15) is 0 Å². The molecule has 2 heterocycles. The Kier molecular flexibility index (Phi) is 3.97. The van der Waals surface area contributed by atoms with Crippen molar-refractivity contribution in [3.8, 4) is 16.8 Å². The van der Waals surface area contributed by atoms with Crippen LogP contribution in [-0.2, 0) is 0 Å². The molecule has 0 atom stereocenters. The summed E-state index contributed by atoms with van der Waals surface area (Å²) in [6.07, 6.45) is 0. The molecule has 0 saturated carbocycles. The van der Waals surface area contributed by atoms with E-state index >= 15 is 0 Å². The van der Waals surface area contributed by atoms with E-state index in [1.54, 1.807) is 0 Å². The number of fused-ring (bicyclic) bond motifs is 5. The normalized spacial score (nSPS) is 12.4. The van der Waals surface area contributed by atoms with E-state index in [4.69, 9.17) is 0 Å². The van der Waals surface area contributed by atoms with Gasteiger partial charge in [0.25, 0.3) is 0 Å². The standard InChI is InChI=1S/C34H22N2/c1-4-15-30-26(11-1)27-12-2-5-16-31(27)35(30)24-19-21-25(22-20-24)36-32-17-6-3-13-28(32)29-14-7-9-23-10-8-18-33(36)34(23)29/h1-22H. The van der Waals surface area contributed by atoms with Gasteiger partial charge in [0, 0.05) is 33.1 Å². The minimum absolute atomic E-state index is 1.16. The van der Waals surface area contributed by atoms with Crippen LogP contribution >= 0.6 is 0 Å². The second-order valence-corrected chi connectivity index (χ2v) is 9.42. The summed E-state index contributed by atoms with van der Waals surface area (Å²) in [7, 11) is 0. The topological polar surface area (TPSA) is 8.17 Å². The van der Waals surface area contributed by atoms with E-state index in [1.807, 2.05) is 0 Å². The van der Waals surface area contributed by atoms with Crippen LogP contribution < -0.4 is 4.90 Å². The summed E-state index contributed by atoms with van der Waals surface area (Å²) in [4.78, 5) is 2.40. The fourth-order valence-corrected chi connectivity index (χ4v) is 5.99. The van der Waals surface area contributed by atoms with Gasteiger partial charge in [-0.1, -0.05) is 84.9 Å². The first-order valence-corrected chi connectivity index (χ1v) is 12.4. The molecule has 0 radical (unpaired) electrons. The van der Waals surface area contributed by atoms with Crippen molar-refractivity contribution < 1.29 is 0 Å². The van der Waals surface area contributed by atoms with Gasteiger partial charge in [0.15, 0.2) is 0 Å². The van der Waals surface area contributed by atoms with Gasteiger partial charge < -0.3 is 9.47 Å². The van der Waals surface area contributed by atoms with Crippen molar-refractivity contribution in [2.45, 2.75) is 0 Å². The maximum Gasteiger partial charge on any atom is 0.0546 e. The molecule has 0 bridgehead atoms. The lowest BCUT2D eigenvalue weighted by Gasteiger charge is -2.33. The molecule has 168 valence electrons. The molecule has 7 aromatic rings. The number of hydrogen-bond donors (Lipinski definition) is 0. The lowest BCUT2D eigenvalue weighted by molar-refractivity contribution is 1.17. The van der Waals surface area contributed by atoms with Gasteiger partial charge in [-0.15, -0.1) is 0 Å². The average Bonchev–Trinajstić information content (AvgIpc) is 3.28. The van der Waals surface area contributed by atoms with Crippen molar-refractivity contribution in [2.75, 3.05) is 4.90 Å². The Morgan fingerprint density at radius 2 is 0.944 bits per heavy atom. The molecule has 0 amide bonds. The molecule has 0 saturated heterocycles. The highest BCUT2D eigenvalue weighted by molar-refractivity contribution is 6.14. The number of anilines is 3. The maximum absolute atomic E-state index is 2.40. The van der Waals surface area contributed by atoms with Crippen molar-refractivity contribution >= 4 is 49.6 Å². The van der Waals surface area contributed by atoms with E-state index in [0.29, 0.717) is 0 Å². The second-order valence-electron chi connectivity index (χ2n) is 9.42. The fourth-order valence-electron chi connectivity index (χ4n) is 5.99. The van der Waals surface area contributed by atoms with Crippen molar-refractivity contribution in [3.63, 3.8) is 0 Å². The third kappa shape index (κ3) is 2.61. The summed E-state index contributed by atoms with van der Waals surface area (Å²) in [5, 5.41) is 5.15. The summed E-state index contributed by atoms with van der Waals surface area (Å²) in [5.41, 5.74) is 9.81. The zero-order valence-electron chi connectivity index (χ0n) is 19.6. The molecular weight excluding hydrogens is 436 g/mol. The van der Waals surface area contributed by atoms with Crippen LogP contribution in [0.2, 0.25) is 0 Å². The molecule has 0 fully saturated rings. The Hall–Kier alpha value is -4.82. The molecule has 36 heavy (non-hydrogen) atoms. The molecule has 1 aliphatic rings. The first-order valence-electron chi connectivity index (χ1n) is 12.4. The highest BCUT2D eigenvalue weighted by Crippen LogP contribution is 2.50. The van der Waals surface area contributed by atoms with Crippen LogP contribution in [0.4, 0.5) is 17.1 Å². The molecule has 6 aromatic carbocycles. The molecule has 0 spiro atoms. The number of benzene rings is 6. The smallest absolute Gasteiger partial charge is 0.0546 e. The van der Waals surface area contributed by atoms with E-state index in [0.717, 1.165) is 5.69 Å². The number of nitrogens with zero attached hydrogens (tertiary/aromatic N) is 2. The van der Waals surface area contributed by atoms with Gasteiger partial charge in [-0.2, -0.15) is 0 Å². The van der Waals surface area contributed by atoms with Crippen LogP contribution in [0, 0.1) is 0 Å². The Bertz CT molecular complexity index is 1880. The van der Waals surface area contributed by atoms with Gasteiger partial charge in [0.1, 0.15) is 0 Å². The Labute approximate surface area is 209 Å². The monoisotopic (exact) mass is 458 g/mol. The predicted octanol–water partition coefficient (Wildman–Crippen LogP) is 9.39. The van der Waals surface area contributed by atoms with E-state index in [9.17, 15) is 0 Å². The average molecular weight is 459 g/mol. The molecule has 0 N–H and O–H groups in total. The Morgan fingerprint density at radius 3 is 1.69 bits per heavy atom. The quantitative estimate of drug-likeness (QED) is 0.250. The predicted molar refractivity (Wildman–Crippen MR) is 152 cm³/mol. The lowest BCUT2D eigenvalue weighted by Crippen LogP contribution is -2.15. The second kappa shape index (κ2) is 7.34. The third-order valence-corrected chi connectivity index (χ3v) is 7.50. The number of rotatable bonds is 2. The first-order chi connectivity index (χ1) is 17.9. The van der Waals surface area contributed by atoms with Crippen LogP contribution in [0.3, 0.4) is 0 Å². The largest absolute Gasteiger partial charge is 0.309 e. The van der Waals surface area contributed by atoms with E-state index in [-0.39, 0.29) is 0 Å². The number of para-hydroxylation sites is 3. The van der Waals surface area contributed by atoms with Gasteiger partial charge >= 0.3 is 0 Å². The highest BCUT2D eigenvalue weighted by atomic mass is 15.2. The third-order valence-electron chi connectivity index (χ3n) is 7.50. The van der Waals surface area contributed by atoms with E-state index < -0.39 is 0 Å². The first kappa shape index (κ1) is 19.5. The Morgan fingerprint density at radius 1 is 0.389 bits per heavy atom. The molecule has 0 aliphatic carbocycles. The summed E-state index contributed by atoms with van der Waals surface area (Å²) in [6.45, 7) is 0. The van der Waals surface area contributed by atoms with Crippen LogP contribution in [0.5, 0.6) is 0 Å². The molecule has 2 nitrogen and oxygen atoms in total. The molecule has 1 aliphatic heterocycles. The molecule has 1 aromatic heterocycles. The van der Waals surface area contributed by atoms with E-state index in [2.05, 4.69) is 143 Å². The van der Waals surface area contributed by atoms with Crippen molar-refractivity contribution in [1.82, 2.24) is 4.57 Å². The van der Waals surface area contributed by atoms with Crippen LogP contribution in [0.15, 0.2) is 133 Å². The number of hydrogen-bond acceptors (Lipinski definition) is 1. The van der Waals surface area contributed by atoms with Crippen molar-refractivity contribution in [3.05, 3.63) is 133 Å². The summed E-state index contributed by atoms with van der Waals surface area (Å²) in [5.74, 6) is 0. The maximum atomic E-state index is 2.40. The van der Waals surface area contributed by atoms with Crippen molar-refractivity contribution in [2.24, 2.45) is 0 Å². The van der Waals surface area contributed by atoms with Gasteiger partial charge in [-0.3, -0.25) is 0 Å². The molecule has 0 unspecified atom stereocenters.